The van der Waals surface area contributed by atoms with E-state index in [2.05, 4.69) is 82.0 Å². The van der Waals surface area contributed by atoms with Crippen LogP contribution in [0.5, 0.6) is 0 Å². The summed E-state index contributed by atoms with van der Waals surface area (Å²) in [7, 11) is 4.27. The summed E-state index contributed by atoms with van der Waals surface area (Å²) in [5, 5.41) is 3.59. The van der Waals surface area contributed by atoms with Gasteiger partial charge in [-0.1, -0.05) is 37.0 Å². The van der Waals surface area contributed by atoms with E-state index in [1.165, 1.54) is 0 Å². The molecule has 290 valence electrons. The minimum absolute atomic E-state index is 0.360. The van der Waals surface area contributed by atoms with E-state index in [1.54, 1.807) is 0 Å². The highest BCUT2D eigenvalue weighted by Gasteiger charge is 2.40. The van der Waals surface area contributed by atoms with E-state index in [0.29, 0.717) is 33.7 Å². The highest BCUT2D eigenvalue weighted by molar-refractivity contribution is 6.33. The smallest absolute Gasteiger partial charge is 0.155 e. The minimum atomic E-state index is 0.360. The van der Waals surface area contributed by atoms with Crippen LogP contribution >= 0.6 is 23.2 Å². The molecule has 2 aromatic carbocycles. The standard InChI is InChI=1S/C26H22N6.C18H14Cl2N4.C2H6/c1-31-21-11-9-19-17(5-3-13-27-19)23(21)29-25(31)15-7-8-16(15)26-30-24-18-6-4-14-28-20(18)10-12-22(24)32(26)2;19-13-3-1-7-23-9-15(21-17(13)23)11-5-6-12(11)16-10-24-8-2-4-14(20)18(24)22-16;1-2/h3-6,9-16H,7-8H2,1-2H3;1-4,7-12H,5-6H2;1-2H3. The molecule has 4 unspecified atom stereocenters. The van der Waals surface area contributed by atoms with E-state index in [0.717, 1.165) is 104 Å². The van der Waals surface area contributed by atoms with Crippen LogP contribution in [0.25, 0.3) is 55.2 Å². The van der Waals surface area contributed by atoms with Crippen molar-refractivity contribution in [3.8, 4) is 0 Å². The Morgan fingerprint density at radius 2 is 0.948 bits per heavy atom. The first kappa shape index (κ1) is 36.5. The van der Waals surface area contributed by atoms with Gasteiger partial charge in [-0.25, -0.2) is 19.9 Å². The maximum atomic E-state index is 6.25. The first-order valence-electron chi connectivity index (χ1n) is 20.1. The predicted molar refractivity (Wildman–Crippen MR) is 233 cm³/mol. The van der Waals surface area contributed by atoms with Crippen molar-refractivity contribution in [2.75, 3.05) is 0 Å². The van der Waals surface area contributed by atoms with Crippen LogP contribution in [0.1, 0.15) is 86.2 Å². The molecule has 0 spiro atoms. The lowest BCUT2D eigenvalue weighted by Gasteiger charge is -2.35. The third-order valence-corrected chi connectivity index (χ3v) is 12.8. The first-order valence-corrected chi connectivity index (χ1v) is 20.8. The second-order valence-corrected chi connectivity index (χ2v) is 16.0. The van der Waals surface area contributed by atoms with Crippen LogP contribution in [0.4, 0.5) is 0 Å². The van der Waals surface area contributed by atoms with Gasteiger partial charge in [0.05, 0.1) is 54.5 Å². The average Bonchev–Trinajstić information content (AvgIpc) is 4.00. The molecule has 2 fully saturated rings. The first-order chi connectivity index (χ1) is 28.4. The molecule has 10 aromatic rings. The normalized spacial score (nSPS) is 18.9. The van der Waals surface area contributed by atoms with E-state index >= 15 is 0 Å². The fourth-order valence-corrected chi connectivity index (χ4v) is 9.42. The van der Waals surface area contributed by atoms with Crippen LogP contribution < -0.4 is 0 Å². The molecule has 2 aliphatic rings. The van der Waals surface area contributed by atoms with Crippen molar-refractivity contribution < 1.29 is 0 Å². The number of imidazole rings is 4. The van der Waals surface area contributed by atoms with E-state index in [9.17, 15) is 0 Å². The van der Waals surface area contributed by atoms with Crippen molar-refractivity contribution in [2.24, 2.45) is 14.1 Å². The van der Waals surface area contributed by atoms with E-state index in [-0.39, 0.29) is 0 Å². The number of halogens is 2. The second kappa shape index (κ2) is 14.5. The molecular weight excluding hydrogens is 763 g/mol. The Morgan fingerprint density at radius 3 is 1.34 bits per heavy atom. The quantitative estimate of drug-likeness (QED) is 0.176. The van der Waals surface area contributed by atoms with Gasteiger partial charge in [-0.2, -0.15) is 0 Å². The Kier molecular flexibility index (Phi) is 9.14. The molecule has 2 saturated carbocycles. The number of aromatic nitrogens is 10. The van der Waals surface area contributed by atoms with Gasteiger partial charge < -0.3 is 17.9 Å². The van der Waals surface area contributed by atoms with Gasteiger partial charge >= 0.3 is 0 Å². The van der Waals surface area contributed by atoms with Crippen LogP contribution in [-0.2, 0) is 14.1 Å². The van der Waals surface area contributed by atoms with Crippen molar-refractivity contribution in [3.05, 3.63) is 143 Å². The Bertz CT molecular complexity index is 2940. The molecule has 0 amide bonds. The summed E-state index contributed by atoms with van der Waals surface area (Å²) in [6.45, 7) is 4.00. The zero-order valence-corrected chi connectivity index (χ0v) is 34.3. The predicted octanol–water partition coefficient (Wildman–Crippen LogP) is 11.2. The van der Waals surface area contributed by atoms with Crippen molar-refractivity contribution in [1.29, 1.82) is 0 Å². The number of pyridine rings is 4. The van der Waals surface area contributed by atoms with E-state index < -0.39 is 0 Å². The molecule has 58 heavy (non-hydrogen) atoms. The van der Waals surface area contributed by atoms with Gasteiger partial charge in [0.25, 0.3) is 0 Å². The maximum Gasteiger partial charge on any atom is 0.155 e. The van der Waals surface area contributed by atoms with Crippen LogP contribution in [0.3, 0.4) is 0 Å². The van der Waals surface area contributed by atoms with Crippen molar-refractivity contribution >= 4 is 78.4 Å². The minimum Gasteiger partial charge on any atom is -0.331 e. The molecule has 0 radical (unpaired) electrons. The fourth-order valence-electron chi connectivity index (χ4n) is 8.99. The molecule has 4 atom stereocenters. The maximum absolute atomic E-state index is 6.25. The SMILES string of the molecule is CC.Clc1cccn2cc(C3CCC3c3cn4cccc(Cl)c4n3)nc12.Cn1c(C2CCC2c2nc3c4cccnc4ccc3n2C)nc2c3cccnc3ccc21. The monoisotopic (exact) mass is 804 g/mol. The summed E-state index contributed by atoms with van der Waals surface area (Å²) in [5.74, 6) is 3.77. The summed E-state index contributed by atoms with van der Waals surface area (Å²) in [4.78, 5) is 28.8. The number of fused-ring (bicyclic) bond motifs is 8. The van der Waals surface area contributed by atoms with Crippen LogP contribution in [0.2, 0.25) is 10.0 Å². The van der Waals surface area contributed by atoms with Gasteiger partial charge in [-0.3, -0.25) is 9.97 Å². The molecular formula is C46H42Cl2N10. The molecule has 0 aliphatic heterocycles. The summed E-state index contributed by atoms with van der Waals surface area (Å²) < 4.78 is 8.52. The van der Waals surface area contributed by atoms with Crippen LogP contribution in [0, 0.1) is 0 Å². The number of hydrogen-bond acceptors (Lipinski definition) is 6. The highest BCUT2D eigenvalue weighted by Crippen LogP contribution is 2.50. The van der Waals surface area contributed by atoms with E-state index in [1.807, 2.05) is 83.8 Å². The lowest BCUT2D eigenvalue weighted by molar-refractivity contribution is 0.310. The molecule has 12 rings (SSSR count). The number of rotatable bonds is 4. The second-order valence-electron chi connectivity index (χ2n) is 15.2. The van der Waals surface area contributed by atoms with Crippen LogP contribution in [0.15, 0.2) is 110 Å². The molecule has 2 aliphatic carbocycles. The number of hydrogen-bond donors (Lipinski definition) is 0. The zero-order valence-electron chi connectivity index (χ0n) is 32.8. The highest BCUT2D eigenvalue weighted by atomic mass is 35.5. The Hall–Kier alpha value is -5.84. The fraction of sp³-hybridized carbons (Fsp3) is 0.261. The molecule has 8 heterocycles. The van der Waals surface area contributed by atoms with Gasteiger partial charge in [-0.05, 0) is 98.5 Å². The summed E-state index contributed by atoms with van der Waals surface area (Å²) >= 11 is 12.5. The lowest BCUT2D eigenvalue weighted by Crippen LogP contribution is -2.26. The Morgan fingerprint density at radius 1 is 0.517 bits per heavy atom. The molecule has 10 nitrogen and oxygen atoms in total. The van der Waals surface area contributed by atoms with Gasteiger partial charge in [0.1, 0.15) is 11.6 Å². The molecule has 0 saturated heterocycles. The van der Waals surface area contributed by atoms with Gasteiger partial charge in [0.2, 0.25) is 0 Å². The zero-order chi connectivity index (χ0) is 39.7. The summed E-state index contributed by atoms with van der Waals surface area (Å²) in [6.07, 6.45) is 16.3. The lowest BCUT2D eigenvalue weighted by atomic mass is 9.70. The number of aryl methyl sites for hydroxylation is 2. The van der Waals surface area contributed by atoms with Gasteiger partial charge in [0, 0.05) is 85.7 Å². The van der Waals surface area contributed by atoms with Crippen molar-refractivity contribution in [3.63, 3.8) is 0 Å². The molecule has 0 N–H and O–H groups in total. The molecule has 12 heteroatoms. The number of nitrogens with zero attached hydrogens (tertiary/aromatic N) is 10. The van der Waals surface area contributed by atoms with Gasteiger partial charge in [0.15, 0.2) is 11.3 Å². The third-order valence-electron chi connectivity index (χ3n) is 12.2. The number of benzene rings is 2. The average molecular weight is 806 g/mol. The van der Waals surface area contributed by atoms with Crippen LogP contribution in [-0.4, -0.2) is 47.8 Å². The van der Waals surface area contributed by atoms with Crippen molar-refractivity contribution in [1.82, 2.24) is 47.8 Å². The van der Waals surface area contributed by atoms with E-state index in [4.69, 9.17) is 43.1 Å². The molecule has 8 aromatic heterocycles. The van der Waals surface area contributed by atoms with Gasteiger partial charge in [-0.15, -0.1) is 0 Å². The molecule has 0 bridgehead atoms. The Labute approximate surface area is 345 Å². The van der Waals surface area contributed by atoms with Crippen molar-refractivity contribution in [2.45, 2.75) is 63.2 Å². The summed E-state index contributed by atoms with van der Waals surface area (Å²) in [5.41, 5.74) is 10.2. The summed E-state index contributed by atoms with van der Waals surface area (Å²) in [6, 6.07) is 24.3. The topological polar surface area (TPSA) is 96.0 Å². The third kappa shape index (κ3) is 5.83. The largest absolute Gasteiger partial charge is 0.331 e. The Balaban J connectivity index is 0.000000140.